The van der Waals surface area contributed by atoms with Crippen LogP contribution in [0.5, 0.6) is 0 Å². The molecule has 0 saturated heterocycles. The van der Waals surface area contributed by atoms with Gasteiger partial charge in [-0.25, -0.2) is 0 Å². The van der Waals surface area contributed by atoms with Crippen LogP contribution in [0.25, 0.3) is 0 Å². The maximum Gasteiger partial charge on any atom is 0.205 e. The Labute approximate surface area is 179 Å². The highest BCUT2D eigenvalue weighted by Crippen LogP contribution is 2.47. The summed E-state index contributed by atoms with van der Waals surface area (Å²) in [6.07, 6.45) is 0.892. The summed E-state index contributed by atoms with van der Waals surface area (Å²) in [5.74, 6) is -0.0926. The van der Waals surface area contributed by atoms with E-state index in [-0.39, 0.29) is 23.2 Å². The Balaban J connectivity index is 1.79. The molecule has 1 heterocycles. The normalized spacial score (nSPS) is 21.5. The molecule has 4 nitrogen and oxygen atoms in total. The minimum absolute atomic E-state index is 0.00717. The summed E-state index contributed by atoms with van der Waals surface area (Å²) in [6.45, 7) is 2.03. The van der Waals surface area contributed by atoms with Crippen LogP contribution in [0.15, 0.2) is 65.3 Å². The van der Waals surface area contributed by atoms with Crippen molar-refractivity contribution in [3.05, 3.63) is 92.0 Å². The van der Waals surface area contributed by atoms with E-state index in [2.05, 4.69) is 6.07 Å². The van der Waals surface area contributed by atoms with E-state index in [1.54, 1.807) is 18.2 Å². The summed E-state index contributed by atoms with van der Waals surface area (Å²) >= 11 is 12.2. The highest BCUT2D eigenvalue weighted by Gasteiger charge is 2.41. The third kappa shape index (κ3) is 3.53. The van der Waals surface area contributed by atoms with Gasteiger partial charge in [0.25, 0.3) is 0 Å². The van der Waals surface area contributed by atoms with Crippen molar-refractivity contribution in [3.63, 3.8) is 0 Å². The average Bonchev–Trinajstić information content (AvgIpc) is 2.69. The Bertz CT molecular complexity index is 1110. The van der Waals surface area contributed by atoms with Crippen LogP contribution >= 0.6 is 23.2 Å². The van der Waals surface area contributed by atoms with Crippen molar-refractivity contribution >= 4 is 29.0 Å². The van der Waals surface area contributed by atoms with Crippen molar-refractivity contribution in [1.82, 2.24) is 0 Å². The SMILES string of the molecule is Cc1ccc(C2CC(=O)C3=C(C2)OC(N)=C(C#N)C3c2ccc(Cl)c(Cl)c2)cc1. The zero-order valence-corrected chi connectivity index (χ0v) is 17.2. The molecule has 0 spiro atoms. The number of nitrogens with two attached hydrogens (primary N) is 1. The Kier molecular flexibility index (Phi) is 5.12. The van der Waals surface area contributed by atoms with Gasteiger partial charge in [0, 0.05) is 18.4 Å². The molecule has 1 aliphatic heterocycles. The van der Waals surface area contributed by atoms with E-state index in [1.807, 2.05) is 31.2 Å². The number of halogens is 2. The fourth-order valence-corrected chi connectivity index (χ4v) is 4.31. The van der Waals surface area contributed by atoms with E-state index in [9.17, 15) is 10.1 Å². The molecule has 0 bridgehead atoms. The van der Waals surface area contributed by atoms with Gasteiger partial charge < -0.3 is 10.5 Å². The number of nitriles is 1. The van der Waals surface area contributed by atoms with Crippen LogP contribution in [-0.4, -0.2) is 5.78 Å². The van der Waals surface area contributed by atoms with Crippen molar-refractivity contribution in [1.29, 1.82) is 5.26 Å². The fraction of sp³-hybridized carbons (Fsp3) is 0.217. The van der Waals surface area contributed by atoms with Crippen molar-refractivity contribution in [2.45, 2.75) is 31.6 Å². The fourth-order valence-electron chi connectivity index (χ4n) is 4.01. The lowest BCUT2D eigenvalue weighted by Crippen LogP contribution is -2.29. The molecule has 4 rings (SSSR count). The van der Waals surface area contributed by atoms with Gasteiger partial charge in [0.05, 0.1) is 16.0 Å². The highest BCUT2D eigenvalue weighted by molar-refractivity contribution is 6.42. The molecule has 1 aliphatic carbocycles. The average molecular weight is 425 g/mol. The Morgan fingerprint density at radius 2 is 1.76 bits per heavy atom. The number of ether oxygens (including phenoxy) is 1. The summed E-state index contributed by atoms with van der Waals surface area (Å²) in [5.41, 5.74) is 9.70. The number of benzene rings is 2. The number of rotatable bonds is 2. The van der Waals surface area contributed by atoms with Gasteiger partial charge in [0.2, 0.25) is 5.88 Å². The number of aryl methyl sites for hydroxylation is 1. The van der Waals surface area contributed by atoms with Gasteiger partial charge in [-0.05, 0) is 36.1 Å². The topological polar surface area (TPSA) is 76.1 Å². The minimum Gasteiger partial charge on any atom is -0.444 e. The van der Waals surface area contributed by atoms with Crippen LogP contribution in [0.3, 0.4) is 0 Å². The maximum atomic E-state index is 13.2. The molecule has 0 amide bonds. The van der Waals surface area contributed by atoms with Crippen molar-refractivity contribution in [2.75, 3.05) is 0 Å². The lowest BCUT2D eigenvalue weighted by Gasteiger charge is -2.34. The molecule has 2 aliphatic rings. The number of carbonyl (C=O) groups excluding carboxylic acids is 1. The summed E-state index contributed by atoms with van der Waals surface area (Å²) in [4.78, 5) is 13.2. The molecule has 0 aromatic heterocycles. The molecule has 146 valence electrons. The number of nitrogens with zero attached hydrogens (tertiary/aromatic N) is 1. The second kappa shape index (κ2) is 7.59. The summed E-state index contributed by atoms with van der Waals surface area (Å²) in [5, 5.41) is 10.4. The first-order valence-electron chi connectivity index (χ1n) is 9.24. The van der Waals surface area contributed by atoms with E-state index in [1.165, 1.54) is 0 Å². The van der Waals surface area contributed by atoms with Gasteiger partial charge in [0.1, 0.15) is 17.4 Å². The van der Waals surface area contributed by atoms with E-state index in [0.717, 1.165) is 11.1 Å². The van der Waals surface area contributed by atoms with Gasteiger partial charge in [-0.1, -0.05) is 59.1 Å². The molecule has 2 unspecified atom stereocenters. The van der Waals surface area contributed by atoms with Crippen LogP contribution in [-0.2, 0) is 9.53 Å². The first kappa shape index (κ1) is 19.6. The molecule has 6 heteroatoms. The van der Waals surface area contributed by atoms with E-state index >= 15 is 0 Å². The first-order chi connectivity index (χ1) is 13.9. The molecule has 0 saturated carbocycles. The van der Waals surface area contributed by atoms with Crippen LogP contribution in [0.1, 0.15) is 41.4 Å². The third-order valence-electron chi connectivity index (χ3n) is 5.49. The summed E-state index contributed by atoms with van der Waals surface area (Å²) in [7, 11) is 0. The monoisotopic (exact) mass is 424 g/mol. The van der Waals surface area contributed by atoms with Crippen LogP contribution < -0.4 is 5.73 Å². The lowest BCUT2D eigenvalue weighted by molar-refractivity contribution is -0.117. The van der Waals surface area contributed by atoms with Crippen LogP contribution in [0.4, 0.5) is 0 Å². The molecule has 29 heavy (non-hydrogen) atoms. The van der Waals surface area contributed by atoms with E-state index in [0.29, 0.717) is 39.8 Å². The molecule has 0 fully saturated rings. The lowest BCUT2D eigenvalue weighted by atomic mass is 9.73. The highest BCUT2D eigenvalue weighted by atomic mass is 35.5. The number of ketones is 1. The van der Waals surface area contributed by atoms with Crippen molar-refractivity contribution in [3.8, 4) is 6.07 Å². The van der Waals surface area contributed by atoms with Crippen LogP contribution in [0.2, 0.25) is 10.0 Å². The van der Waals surface area contributed by atoms with Crippen LogP contribution in [0, 0.1) is 18.3 Å². The van der Waals surface area contributed by atoms with Crippen molar-refractivity contribution in [2.24, 2.45) is 5.73 Å². The molecule has 2 aromatic carbocycles. The van der Waals surface area contributed by atoms with Gasteiger partial charge >= 0.3 is 0 Å². The quantitative estimate of drug-likeness (QED) is 0.689. The molecular formula is C23H18Cl2N2O2. The van der Waals surface area contributed by atoms with E-state index < -0.39 is 5.92 Å². The maximum absolute atomic E-state index is 13.2. The standard InChI is InChI=1S/C23H18Cl2N2O2/c1-12-2-4-13(5-3-12)15-9-19(28)22-20(10-15)29-23(27)16(11-26)21(22)14-6-7-17(24)18(25)8-14/h2-8,15,21H,9-10,27H2,1H3. The summed E-state index contributed by atoms with van der Waals surface area (Å²) < 4.78 is 5.78. The van der Waals surface area contributed by atoms with Gasteiger partial charge in [0.15, 0.2) is 5.78 Å². The predicted octanol–water partition coefficient (Wildman–Crippen LogP) is 5.51. The number of carbonyl (C=O) groups is 1. The smallest absolute Gasteiger partial charge is 0.205 e. The second-order valence-electron chi connectivity index (χ2n) is 7.37. The van der Waals surface area contributed by atoms with Crippen molar-refractivity contribution < 1.29 is 9.53 Å². The molecule has 2 N–H and O–H groups in total. The largest absolute Gasteiger partial charge is 0.444 e. The second-order valence-corrected chi connectivity index (χ2v) is 8.19. The Morgan fingerprint density at radius 3 is 2.41 bits per heavy atom. The predicted molar refractivity (Wildman–Crippen MR) is 112 cm³/mol. The third-order valence-corrected chi connectivity index (χ3v) is 6.23. The van der Waals surface area contributed by atoms with Gasteiger partial charge in [-0.3, -0.25) is 4.79 Å². The molecule has 2 aromatic rings. The minimum atomic E-state index is -0.606. The Hall–Kier alpha value is -2.74. The zero-order valence-electron chi connectivity index (χ0n) is 15.7. The number of hydrogen-bond donors (Lipinski definition) is 1. The van der Waals surface area contributed by atoms with Gasteiger partial charge in [-0.2, -0.15) is 5.26 Å². The molecule has 0 radical (unpaired) electrons. The summed E-state index contributed by atoms with van der Waals surface area (Å²) in [6, 6.07) is 15.3. The number of allylic oxidation sites excluding steroid dienone is 3. The van der Waals surface area contributed by atoms with E-state index in [4.69, 9.17) is 33.7 Å². The molecular weight excluding hydrogens is 407 g/mol. The number of hydrogen-bond acceptors (Lipinski definition) is 4. The number of Topliss-reactive ketones (excluding diaryl/α,β-unsaturated/α-hetero) is 1. The molecule has 2 atom stereocenters. The Morgan fingerprint density at radius 1 is 1.07 bits per heavy atom. The zero-order chi connectivity index (χ0) is 20.7. The first-order valence-corrected chi connectivity index (χ1v) is 10.00. The van der Waals surface area contributed by atoms with Gasteiger partial charge in [-0.15, -0.1) is 0 Å².